The summed E-state index contributed by atoms with van der Waals surface area (Å²) in [5.74, 6) is 6.15. The maximum atomic E-state index is 5.21. The molecule has 0 radical (unpaired) electrons. The van der Waals surface area contributed by atoms with Crippen LogP contribution in [0.25, 0.3) is 0 Å². The summed E-state index contributed by atoms with van der Waals surface area (Å²) in [5, 5.41) is 3.18. The zero-order valence-electron chi connectivity index (χ0n) is 6.98. The molecular formula is C7H16IN3. The summed E-state index contributed by atoms with van der Waals surface area (Å²) in [7, 11) is 0. The van der Waals surface area contributed by atoms with E-state index in [0.29, 0.717) is 5.41 Å². The third-order valence-electron chi connectivity index (χ3n) is 1.77. The van der Waals surface area contributed by atoms with Gasteiger partial charge in [0, 0.05) is 6.54 Å². The van der Waals surface area contributed by atoms with E-state index in [4.69, 9.17) is 5.84 Å². The van der Waals surface area contributed by atoms with Crippen LogP contribution < -0.4 is 16.6 Å². The number of rotatable bonds is 1. The molecule has 0 spiro atoms. The number of hydrazine groups is 1. The van der Waals surface area contributed by atoms with E-state index in [-0.39, 0.29) is 24.0 Å². The van der Waals surface area contributed by atoms with Crippen LogP contribution in [0.4, 0.5) is 0 Å². The second kappa shape index (κ2) is 4.15. The Morgan fingerprint density at radius 3 is 2.64 bits per heavy atom. The van der Waals surface area contributed by atoms with Crippen molar-refractivity contribution in [3.8, 4) is 0 Å². The predicted molar refractivity (Wildman–Crippen MR) is 57.2 cm³/mol. The van der Waals surface area contributed by atoms with Crippen molar-refractivity contribution < 1.29 is 0 Å². The van der Waals surface area contributed by atoms with Gasteiger partial charge < -0.3 is 10.7 Å². The number of allylic oxidation sites excluding steroid dienone is 1. The summed E-state index contributed by atoms with van der Waals surface area (Å²) >= 11 is 0. The van der Waals surface area contributed by atoms with Gasteiger partial charge in [-0.2, -0.15) is 0 Å². The van der Waals surface area contributed by atoms with Crippen LogP contribution in [0.2, 0.25) is 0 Å². The van der Waals surface area contributed by atoms with E-state index >= 15 is 0 Å². The second-order valence-corrected chi connectivity index (χ2v) is 3.48. The summed E-state index contributed by atoms with van der Waals surface area (Å²) in [4.78, 5) is 0. The summed E-state index contributed by atoms with van der Waals surface area (Å²) in [6.45, 7) is 5.44. The van der Waals surface area contributed by atoms with Gasteiger partial charge in [-0.3, -0.25) is 0 Å². The van der Waals surface area contributed by atoms with Crippen molar-refractivity contribution in [2.24, 2.45) is 11.3 Å². The smallest absolute Gasteiger partial charge is 0.109 e. The first-order valence-corrected chi connectivity index (χ1v) is 3.55. The van der Waals surface area contributed by atoms with Gasteiger partial charge in [-0.1, -0.05) is 13.8 Å². The van der Waals surface area contributed by atoms with Crippen molar-refractivity contribution in [2.45, 2.75) is 20.3 Å². The molecule has 0 bridgehead atoms. The van der Waals surface area contributed by atoms with Gasteiger partial charge in [-0.15, -0.1) is 24.0 Å². The molecule has 1 rings (SSSR count). The standard InChI is InChI=1S/C7H15N3.HI/c1-7(2)4-3-6(10-8)9-5-7;/h3,9-10H,4-5,8H2,1-2H3;1H. The van der Waals surface area contributed by atoms with Crippen molar-refractivity contribution in [3.05, 3.63) is 11.9 Å². The largest absolute Gasteiger partial charge is 0.371 e. The van der Waals surface area contributed by atoms with E-state index in [2.05, 4.69) is 30.7 Å². The molecule has 0 aromatic carbocycles. The number of hydrogen-bond donors (Lipinski definition) is 3. The Hall–Kier alpha value is 0.0300. The van der Waals surface area contributed by atoms with Crippen LogP contribution in [-0.4, -0.2) is 6.54 Å². The second-order valence-electron chi connectivity index (χ2n) is 3.48. The molecule has 0 unspecified atom stereocenters. The van der Waals surface area contributed by atoms with E-state index < -0.39 is 0 Å². The van der Waals surface area contributed by atoms with E-state index in [1.807, 2.05) is 0 Å². The fourth-order valence-corrected chi connectivity index (χ4v) is 0.967. The Bertz CT molecular complexity index is 154. The third-order valence-corrected chi connectivity index (χ3v) is 1.77. The van der Waals surface area contributed by atoms with Crippen LogP contribution in [0.1, 0.15) is 20.3 Å². The maximum absolute atomic E-state index is 5.21. The molecular weight excluding hydrogens is 253 g/mol. The molecule has 0 atom stereocenters. The molecule has 0 aliphatic carbocycles. The van der Waals surface area contributed by atoms with Crippen LogP contribution in [0, 0.1) is 5.41 Å². The number of halogens is 1. The minimum Gasteiger partial charge on any atom is -0.371 e. The monoisotopic (exact) mass is 269 g/mol. The Balaban J connectivity index is 0.000001000. The summed E-state index contributed by atoms with van der Waals surface area (Å²) < 4.78 is 0. The number of nitrogens with one attached hydrogen (secondary N) is 2. The molecule has 3 nitrogen and oxygen atoms in total. The molecule has 0 fully saturated rings. The molecule has 66 valence electrons. The lowest BCUT2D eigenvalue weighted by atomic mass is 9.87. The molecule has 0 saturated heterocycles. The molecule has 4 heteroatoms. The summed E-state index contributed by atoms with van der Waals surface area (Å²) in [5.41, 5.74) is 2.97. The van der Waals surface area contributed by atoms with Crippen molar-refractivity contribution in [1.29, 1.82) is 0 Å². The van der Waals surface area contributed by atoms with Crippen molar-refractivity contribution >= 4 is 24.0 Å². The first kappa shape index (κ1) is 11.0. The molecule has 0 aromatic heterocycles. The number of hydrogen-bond acceptors (Lipinski definition) is 3. The first-order chi connectivity index (χ1) is 4.64. The van der Waals surface area contributed by atoms with Gasteiger partial charge in [0.1, 0.15) is 5.82 Å². The van der Waals surface area contributed by atoms with E-state index in [9.17, 15) is 0 Å². The molecule has 4 N–H and O–H groups in total. The van der Waals surface area contributed by atoms with E-state index in [1.165, 1.54) is 0 Å². The minimum atomic E-state index is 0. The highest BCUT2D eigenvalue weighted by molar-refractivity contribution is 14.0. The summed E-state index contributed by atoms with van der Waals surface area (Å²) in [6, 6.07) is 0. The average Bonchev–Trinajstić information content (AvgIpc) is 1.88. The molecule has 1 heterocycles. The van der Waals surface area contributed by atoms with Gasteiger partial charge in [-0.05, 0) is 17.9 Å². The fraction of sp³-hybridized carbons (Fsp3) is 0.714. The van der Waals surface area contributed by atoms with E-state index in [0.717, 1.165) is 18.8 Å². The highest BCUT2D eigenvalue weighted by atomic mass is 127. The Kier molecular flexibility index (Phi) is 4.17. The molecule has 0 aromatic rings. The quantitative estimate of drug-likeness (QED) is 0.377. The minimum absolute atomic E-state index is 0. The zero-order valence-corrected chi connectivity index (χ0v) is 9.31. The van der Waals surface area contributed by atoms with Crippen LogP contribution in [-0.2, 0) is 0 Å². The van der Waals surface area contributed by atoms with Crippen molar-refractivity contribution in [3.63, 3.8) is 0 Å². The SMILES string of the molecule is CC1(C)CC=C(NN)NC1.I. The van der Waals surface area contributed by atoms with Crippen LogP contribution in [0.15, 0.2) is 11.9 Å². The topological polar surface area (TPSA) is 50.1 Å². The van der Waals surface area contributed by atoms with Gasteiger partial charge >= 0.3 is 0 Å². The lowest BCUT2D eigenvalue weighted by Gasteiger charge is -2.29. The van der Waals surface area contributed by atoms with Gasteiger partial charge in [0.2, 0.25) is 0 Å². The maximum Gasteiger partial charge on any atom is 0.109 e. The van der Waals surface area contributed by atoms with Crippen LogP contribution in [0.5, 0.6) is 0 Å². The summed E-state index contributed by atoms with van der Waals surface area (Å²) in [6.07, 6.45) is 3.17. The normalized spacial score (nSPS) is 20.8. The zero-order chi connectivity index (χ0) is 7.61. The third kappa shape index (κ3) is 3.29. The number of nitrogens with two attached hydrogens (primary N) is 1. The first-order valence-electron chi connectivity index (χ1n) is 3.55. The molecule has 11 heavy (non-hydrogen) atoms. The van der Waals surface area contributed by atoms with Gasteiger partial charge in [0.15, 0.2) is 0 Å². The van der Waals surface area contributed by atoms with Crippen molar-refractivity contribution in [1.82, 2.24) is 10.7 Å². The lowest BCUT2D eigenvalue weighted by molar-refractivity contribution is 0.333. The average molecular weight is 269 g/mol. The van der Waals surface area contributed by atoms with Gasteiger partial charge in [0.25, 0.3) is 0 Å². The fourth-order valence-electron chi connectivity index (χ4n) is 0.967. The highest BCUT2D eigenvalue weighted by Crippen LogP contribution is 2.22. The Morgan fingerprint density at radius 1 is 1.64 bits per heavy atom. The lowest BCUT2D eigenvalue weighted by Crippen LogP contribution is -2.40. The Labute approximate surface area is 84.8 Å². The Morgan fingerprint density at radius 2 is 2.27 bits per heavy atom. The van der Waals surface area contributed by atoms with Gasteiger partial charge in [0.05, 0.1) is 0 Å². The van der Waals surface area contributed by atoms with Crippen LogP contribution in [0.3, 0.4) is 0 Å². The van der Waals surface area contributed by atoms with E-state index in [1.54, 1.807) is 0 Å². The molecule has 1 aliphatic rings. The van der Waals surface area contributed by atoms with Gasteiger partial charge in [-0.25, -0.2) is 5.84 Å². The van der Waals surface area contributed by atoms with Crippen molar-refractivity contribution in [2.75, 3.05) is 6.54 Å². The highest BCUT2D eigenvalue weighted by Gasteiger charge is 2.20. The molecule has 0 amide bonds. The molecule has 1 aliphatic heterocycles. The predicted octanol–water partition coefficient (Wildman–Crippen LogP) is 0.929. The molecule has 0 saturated carbocycles. The van der Waals surface area contributed by atoms with Crippen LogP contribution >= 0.6 is 24.0 Å².